The first-order valence-corrected chi connectivity index (χ1v) is 6.41. The highest BCUT2D eigenvalue weighted by Crippen LogP contribution is 2.24. The van der Waals surface area contributed by atoms with Crippen molar-refractivity contribution in [2.24, 2.45) is 16.3 Å². The average molecular weight is 288 g/mol. The number of halogens is 2. The van der Waals surface area contributed by atoms with Crippen LogP contribution in [0.2, 0.25) is 5.02 Å². The molecular formula is C13H19ClFN3O. The van der Waals surface area contributed by atoms with Crippen molar-refractivity contribution in [3.05, 3.63) is 29.0 Å². The fourth-order valence-corrected chi connectivity index (χ4v) is 1.83. The number of oxime groups is 1. The van der Waals surface area contributed by atoms with E-state index in [2.05, 4.69) is 10.5 Å². The zero-order valence-electron chi connectivity index (χ0n) is 11.1. The molecule has 0 atom stereocenters. The van der Waals surface area contributed by atoms with Gasteiger partial charge >= 0.3 is 0 Å². The van der Waals surface area contributed by atoms with E-state index in [1.54, 1.807) is 0 Å². The van der Waals surface area contributed by atoms with Gasteiger partial charge in [-0.05, 0) is 31.0 Å². The first-order valence-electron chi connectivity index (χ1n) is 6.04. The van der Waals surface area contributed by atoms with Crippen LogP contribution in [0.4, 0.5) is 10.1 Å². The molecule has 0 saturated heterocycles. The molecule has 0 saturated carbocycles. The van der Waals surface area contributed by atoms with Crippen LogP contribution in [0.25, 0.3) is 0 Å². The van der Waals surface area contributed by atoms with Gasteiger partial charge in [0.2, 0.25) is 0 Å². The van der Waals surface area contributed by atoms with Crippen molar-refractivity contribution in [1.29, 1.82) is 0 Å². The molecule has 0 aliphatic rings. The third-order valence-electron chi connectivity index (χ3n) is 3.02. The second-order valence-electron chi connectivity index (χ2n) is 5.02. The van der Waals surface area contributed by atoms with Crippen molar-refractivity contribution in [2.45, 2.75) is 26.7 Å². The molecule has 0 aliphatic heterocycles. The minimum absolute atomic E-state index is 0.205. The van der Waals surface area contributed by atoms with Gasteiger partial charge in [0.15, 0.2) is 0 Å². The van der Waals surface area contributed by atoms with Gasteiger partial charge in [-0.15, -0.1) is 0 Å². The van der Waals surface area contributed by atoms with E-state index in [4.69, 9.17) is 22.5 Å². The predicted octanol–water partition coefficient (Wildman–Crippen LogP) is 3.44. The summed E-state index contributed by atoms with van der Waals surface area (Å²) in [4.78, 5) is 0. The first-order chi connectivity index (χ1) is 8.86. The van der Waals surface area contributed by atoms with Gasteiger partial charge in [-0.2, -0.15) is 0 Å². The lowest BCUT2D eigenvalue weighted by molar-refractivity contribution is 0.305. The number of anilines is 1. The molecule has 4 nitrogen and oxygen atoms in total. The SMILES string of the molecule is CC(C)(CCCNc1cc(F)ccc1Cl)/C(N)=N/O. The van der Waals surface area contributed by atoms with Crippen molar-refractivity contribution >= 4 is 23.1 Å². The van der Waals surface area contributed by atoms with E-state index in [1.807, 2.05) is 13.8 Å². The Morgan fingerprint density at radius 3 is 2.84 bits per heavy atom. The lowest BCUT2D eigenvalue weighted by Crippen LogP contribution is -2.32. The number of hydrogen-bond donors (Lipinski definition) is 3. The molecule has 0 heterocycles. The second kappa shape index (κ2) is 6.61. The van der Waals surface area contributed by atoms with Crippen LogP contribution in [-0.2, 0) is 0 Å². The molecule has 0 amide bonds. The Morgan fingerprint density at radius 2 is 2.21 bits per heavy atom. The Hall–Kier alpha value is -1.49. The molecule has 0 aliphatic carbocycles. The van der Waals surface area contributed by atoms with E-state index >= 15 is 0 Å². The fraction of sp³-hybridized carbons (Fsp3) is 0.462. The van der Waals surface area contributed by atoms with Crippen LogP contribution in [0.5, 0.6) is 0 Å². The normalized spacial score (nSPS) is 12.5. The third-order valence-corrected chi connectivity index (χ3v) is 3.35. The van der Waals surface area contributed by atoms with Gasteiger partial charge < -0.3 is 16.3 Å². The molecule has 0 unspecified atom stereocenters. The summed E-state index contributed by atoms with van der Waals surface area (Å²) in [6, 6.07) is 4.19. The standard InChI is InChI=1S/C13H19ClFN3O/c1-13(2,12(16)18-19)6-3-7-17-11-8-9(15)4-5-10(11)14/h4-5,8,17,19H,3,6-7H2,1-2H3,(H2,16,18). The molecule has 0 aromatic heterocycles. The van der Waals surface area contributed by atoms with Crippen molar-refractivity contribution in [2.75, 3.05) is 11.9 Å². The van der Waals surface area contributed by atoms with Crippen LogP contribution < -0.4 is 11.1 Å². The molecule has 0 fully saturated rings. The molecule has 1 aromatic rings. The minimum Gasteiger partial charge on any atom is -0.409 e. The molecule has 0 radical (unpaired) electrons. The van der Waals surface area contributed by atoms with Crippen molar-refractivity contribution in [3.63, 3.8) is 0 Å². The number of nitrogens with zero attached hydrogens (tertiary/aromatic N) is 1. The van der Waals surface area contributed by atoms with Gasteiger partial charge in [-0.1, -0.05) is 30.6 Å². The van der Waals surface area contributed by atoms with Crippen LogP contribution >= 0.6 is 11.6 Å². The summed E-state index contributed by atoms with van der Waals surface area (Å²) in [5.74, 6) is -0.125. The van der Waals surface area contributed by atoms with Crippen molar-refractivity contribution < 1.29 is 9.60 Å². The highest BCUT2D eigenvalue weighted by molar-refractivity contribution is 6.33. The van der Waals surface area contributed by atoms with E-state index in [0.717, 1.165) is 12.8 Å². The zero-order valence-corrected chi connectivity index (χ0v) is 11.8. The summed E-state index contributed by atoms with van der Waals surface area (Å²) in [6.07, 6.45) is 1.53. The lowest BCUT2D eigenvalue weighted by atomic mass is 9.86. The smallest absolute Gasteiger partial charge is 0.144 e. The summed E-state index contributed by atoms with van der Waals surface area (Å²) in [7, 11) is 0. The van der Waals surface area contributed by atoms with E-state index in [0.29, 0.717) is 17.3 Å². The van der Waals surface area contributed by atoms with Crippen molar-refractivity contribution in [1.82, 2.24) is 0 Å². The molecule has 0 bridgehead atoms. The van der Waals surface area contributed by atoms with E-state index in [-0.39, 0.29) is 17.1 Å². The number of nitrogens with two attached hydrogens (primary N) is 1. The quantitative estimate of drug-likeness (QED) is 0.247. The summed E-state index contributed by atoms with van der Waals surface area (Å²) < 4.78 is 13.0. The molecule has 0 spiro atoms. The number of hydrogen-bond acceptors (Lipinski definition) is 3. The molecular weight excluding hydrogens is 269 g/mol. The maximum atomic E-state index is 13.0. The van der Waals surface area contributed by atoms with Crippen LogP contribution in [0, 0.1) is 11.2 Å². The topological polar surface area (TPSA) is 70.6 Å². The van der Waals surface area contributed by atoms with Crippen LogP contribution in [0.3, 0.4) is 0 Å². The summed E-state index contributed by atoms with van der Waals surface area (Å²) >= 11 is 5.94. The van der Waals surface area contributed by atoms with Gasteiger partial charge in [0.25, 0.3) is 0 Å². The Labute approximate surface area is 117 Å². The Balaban J connectivity index is 2.45. The van der Waals surface area contributed by atoms with Gasteiger partial charge in [0.1, 0.15) is 11.7 Å². The second-order valence-corrected chi connectivity index (χ2v) is 5.43. The predicted molar refractivity (Wildman–Crippen MR) is 76.3 cm³/mol. The van der Waals surface area contributed by atoms with Crippen LogP contribution in [-0.4, -0.2) is 17.6 Å². The van der Waals surface area contributed by atoms with Crippen LogP contribution in [0.15, 0.2) is 23.4 Å². The summed E-state index contributed by atoms with van der Waals surface area (Å²) in [6.45, 7) is 4.43. The third kappa shape index (κ3) is 4.59. The molecule has 4 N–H and O–H groups in total. The maximum Gasteiger partial charge on any atom is 0.144 e. The molecule has 19 heavy (non-hydrogen) atoms. The lowest BCUT2D eigenvalue weighted by Gasteiger charge is -2.22. The summed E-state index contributed by atoms with van der Waals surface area (Å²) in [5.41, 5.74) is 5.80. The number of amidine groups is 1. The van der Waals surface area contributed by atoms with Crippen molar-refractivity contribution in [3.8, 4) is 0 Å². The molecule has 6 heteroatoms. The zero-order chi connectivity index (χ0) is 14.5. The van der Waals surface area contributed by atoms with Gasteiger partial charge in [-0.3, -0.25) is 0 Å². The Kier molecular flexibility index (Phi) is 5.42. The molecule has 1 rings (SSSR count). The van der Waals surface area contributed by atoms with Gasteiger partial charge in [0.05, 0.1) is 10.7 Å². The van der Waals surface area contributed by atoms with E-state index in [1.165, 1.54) is 18.2 Å². The Bertz CT molecular complexity index is 463. The Morgan fingerprint density at radius 1 is 1.53 bits per heavy atom. The van der Waals surface area contributed by atoms with E-state index in [9.17, 15) is 4.39 Å². The highest BCUT2D eigenvalue weighted by Gasteiger charge is 2.22. The van der Waals surface area contributed by atoms with Crippen LogP contribution in [0.1, 0.15) is 26.7 Å². The van der Waals surface area contributed by atoms with Gasteiger partial charge in [0, 0.05) is 12.0 Å². The number of benzene rings is 1. The fourth-order valence-electron chi connectivity index (χ4n) is 1.65. The molecule has 106 valence electrons. The largest absolute Gasteiger partial charge is 0.409 e. The average Bonchev–Trinajstić information content (AvgIpc) is 2.37. The minimum atomic E-state index is -0.373. The highest BCUT2D eigenvalue weighted by atomic mass is 35.5. The number of rotatable bonds is 6. The first kappa shape index (κ1) is 15.6. The monoisotopic (exact) mass is 287 g/mol. The number of nitrogens with one attached hydrogen (secondary N) is 1. The van der Waals surface area contributed by atoms with E-state index < -0.39 is 0 Å². The maximum absolute atomic E-state index is 13.0. The molecule has 1 aromatic carbocycles. The van der Waals surface area contributed by atoms with Gasteiger partial charge in [-0.25, -0.2) is 4.39 Å². The summed E-state index contributed by atoms with van der Waals surface area (Å²) in [5, 5.41) is 15.2.